The molecule has 0 rings (SSSR count). The summed E-state index contributed by atoms with van der Waals surface area (Å²) in [6.45, 7) is 0.850. The Morgan fingerprint density at radius 2 is 0.510 bits per heavy atom. The summed E-state index contributed by atoms with van der Waals surface area (Å²) < 4.78 is 35.1. The molecule has 17 heteroatoms. The molecular weight excluding hydrogens is 680 g/mol. The van der Waals surface area contributed by atoms with Gasteiger partial charge in [-0.2, -0.15) is 0 Å². The van der Waals surface area contributed by atoms with Crippen molar-refractivity contribution in [2.24, 2.45) is 0 Å². The molecule has 0 saturated heterocycles. The van der Waals surface area contributed by atoms with Crippen LogP contribution in [0.25, 0.3) is 0 Å². The molecule has 0 amide bonds. The highest BCUT2D eigenvalue weighted by atomic mass is 16.6. The Hall–Kier alpha value is -4.28. The van der Waals surface area contributed by atoms with E-state index in [1.54, 1.807) is 0 Å². The molecule has 0 radical (unpaired) electrons. The Kier molecular flexibility index (Phi) is 30.1. The molecule has 0 spiro atoms. The molecule has 0 aromatic carbocycles. The maximum Gasteiger partial charge on any atom is 0.306 e. The van der Waals surface area contributed by atoms with Crippen LogP contribution in [-0.2, 0) is 71.5 Å². The zero-order valence-electron chi connectivity index (χ0n) is 29.4. The Morgan fingerprint density at radius 1 is 0.294 bits per heavy atom. The van der Waals surface area contributed by atoms with Gasteiger partial charge in [-0.15, -0.1) is 0 Å². The quantitative estimate of drug-likeness (QED) is 0.0559. The number of carboxylic acids is 1. The fourth-order valence-electron chi connectivity index (χ4n) is 3.79. The predicted molar refractivity (Wildman–Crippen MR) is 175 cm³/mol. The van der Waals surface area contributed by atoms with Crippen molar-refractivity contribution in [3.63, 3.8) is 0 Å². The number of aliphatic carboxylic acids is 1. The number of esters is 7. The molecule has 292 valence electrons. The van der Waals surface area contributed by atoms with Gasteiger partial charge in [0, 0.05) is 19.4 Å². The van der Waals surface area contributed by atoms with Crippen molar-refractivity contribution in [1.82, 2.24) is 0 Å². The molecular formula is C34H54O17. The van der Waals surface area contributed by atoms with Crippen LogP contribution in [0, 0.1) is 0 Å². The molecule has 51 heavy (non-hydrogen) atoms. The standard InChI is InChI=1S/C34H54O17/c35-19-3-4-20-46-29(39)13-14-30(40)48-23-7-8-24-50-33(43)17-18-34(44)51-26-10-9-25-49-32(42)16-15-31(41)47-22-6-5-21-45-28(38)12-2-1-11-27(36)37/h35H,1-26H2,(H,36,37). The molecule has 0 aliphatic rings. The van der Waals surface area contributed by atoms with Gasteiger partial charge in [0.2, 0.25) is 0 Å². The first-order valence-corrected chi connectivity index (χ1v) is 17.5. The molecule has 0 aromatic heterocycles. The van der Waals surface area contributed by atoms with E-state index in [0.29, 0.717) is 64.2 Å². The Balaban J connectivity index is 3.61. The van der Waals surface area contributed by atoms with Crippen molar-refractivity contribution in [2.75, 3.05) is 52.9 Å². The van der Waals surface area contributed by atoms with Crippen molar-refractivity contribution in [1.29, 1.82) is 0 Å². The number of ether oxygens (including phenoxy) is 7. The first-order chi connectivity index (χ1) is 24.5. The van der Waals surface area contributed by atoms with Crippen LogP contribution in [-0.4, -0.2) is 111 Å². The van der Waals surface area contributed by atoms with Gasteiger partial charge in [-0.1, -0.05) is 0 Å². The smallest absolute Gasteiger partial charge is 0.306 e. The second-order valence-corrected chi connectivity index (χ2v) is 11.2. The van der Waals surface area contributed by atoms with Crippen LogP contribution in [0.4, 0.5) is 0 Å². The summed E-state index contributed by atoms with van der Waals surface area (Å²) in [7, 11) is 0. The van der Waals surface area contributed by atoms with E-state index in [-0.39, 0.29) is 104 Å². The van der Waals surface area contributed by atoms with Crippen LogP contribution in [0.2, 0.25) is 0 Å². The average molecular weight is 735 g/mol. The molecule has 0 heterocycles. The number of carbonyl (C=O) groups is 8. The predicted octanol–water partition coefficient (Wildman–Crippen LogP) is 2.89. The summed E-state index contributed by atoms with van der Waals surface area (Å²) >= 11 is 0. The first kappa shape index (κ1) is 46.7. The normalized spacial score (nSPS) is 10.5. The van der Waals surface area contributed by atoms with E-state index in [0.717, 1.165) is 0 Å². The molecule has 0 aromatic rings. The van der Waals surface area contributed by atoms with Crippen LogP contribution in [0.15, 0.2) is 0 Å². The van der Waals surface area contributed by atoms with E-state index >= 15 is 0 Å². The molecule has 0 aliphatic heterocycles. The molecule has 0 bridgehead atoms. The molecule has 2 N–H and O–H groups in total. The molecule has 17 nitrogen and oxygen atoms in total. The minimum Gasteiger partial charge on any atom is -0.481 e. The lowest BCUT2D eigenvalue weighted by Gasteiger charge is -2.08. The SMILES string of the molecule is O=C(O)CCCCC(=O)OCCCCOC(=O)CCC(=O)OCCCCOC(=O)CCC(=O)OCCCCOC(=O)CCC(=O)OCCCCO. The number of aliphatic hydroxyl groups is 1. The lowest BCUT2D eigenvalue weighted by molar-refractivity contribution is -0.151. The van der Waals surface area contributed by atoms with Gasteiger partial charge < -0.3 is 43.4 Å². The minimum absolute atomic E-state index is 0.00942. The fourth-order valence-corrected chi connectivity index (χ4v) is 3.79. The van der Waals surface area contributed by atoms with Gasteiger partial charge in [0.15, 0.2) is 0 Å². The van der Waals surface area contributed by atoms with E-state index in [9.17, 15) is 38.4 Å². The lowest BCUT2D eigenvalue weighted by atomic mass is 10.2. The number of hydrogen-bond donors (Lipinski definition) is 2. The highest BCUT2D eigenvalue weighted by molar-refractivity contribution is 5.78. The summed E-state index contributed by atoms with van der Waals surface area (Å²) in [5.41, 5.74) is 0. The number of rotatable bonds is 33. The average Bonchev–Trinajstić information content (AvgIpc) is 3.10. The number of carboxylic acid groups (broad SMARTS) is 1. The summed E-state index contributed by atoms with van der Waals surface area (Å²) in [4.78, 5) is 92.3. The highest BCUT2D eigenvalue weighted by Crippen LogP contribution is 2.05. The fraction of sp³-hybridized carbons (Fsp3) is 0.765. The van der Waals surface area contributed by atoms with Gasteiger partial charge in [0.1, 0.15) is 0 Å². The topological polar surface area (TPSA) is 242 Å². The van der Waals surface area contributed by atoms with Crippen molar-refractivity contribution < 1.29 is 81.7 Å². The number of hydrogen-bond acceptors (Lipinski definition) is 16. The zero-order chi connectivity index (χ0) is 38.0. The number of unbranched alkanes of at least 4 members (excludes halogenated alkanes) is 5. The van der Waals surface area contributed by atoms with Gasteiger partial charge in [0.05, 0.1) is 84.8 Å². The lowest BCUT2D eigenvalue weighted by Crippen LogP contribution is -2.13. The second-order valence-electron chi connectivity index (χ2n) is 11.2. The Labute approximate surface area is 297 Å². The van der Waals surface area contributed by atoms with Crippen molar-refractivity contribution in [2.45, 2.75) is 116 Å². The van der Waals surface area contributed by atoms with Crippen LogP contribution in [0.5, 0.6) is 0 Å². The van der Waals surface area contributed by atoms with Gasteiger partial charge in [0.25, 0.3) is 0 Å². The maximum atomic E-state index is 11.8. The van der Waals surface area contributed by atoms with Crippen molar-refractivity contribution >= 4 is 47.8 Å². The Bertz CT molecular complexity index is 1040. The monoisotopic (exact) mass is 734 g/mol. The maximum absolute atomic E-state index is 11.8. The molecule has 0 aliphatic carbocycles. The highest BCUT2D eigenvalue weighted by Gasteiger charge is 2.12. The summed E-state index contributed by atoms with van der Waals surface area (Å²) in [6, 6.07) is 0. The number of aliphatic hydroxyl groups excluding tert-OH is 1. The third-order valence-electron chi connectivity index (χ3n) is 6.63. The second kappa shape index (κ2) is 32.9. The van der Waals surface area contributed by atoms with E-state index in [2.05, 4.69) is 0 Å². The summed E-state index contributed by atoms with van der Waals surface area (Å²) in [5.74, 6) is -4.63. The Morgan fingerprint density at radius 3 is 0.745 bits per heavy atom. The van der Waals surface area contributed by atoms with E-state index in [1.807, 2.05) is 0 Å². The van der Waals surface area contributed by atoms with E-state index < -0.39 is 47.8 Å². The van der Waals surface area contributed by atoms with Gasteiger partial charge in [-0.25, -0.2) is 0 Å². The van der Waals surface area contributed by atoms with E-state index in [4.69, 9.17) is 43.4 Å². The van der Waals surface area contributed by atoms with Crippen molar-refractivity contribution in [3.05, 3.63) is 0 Å². The molecule has 0 fully saturated rings. The van der Waals surface area contributed by atoms with Gasteiger partial charge in [-0.05, 0) is 64.2 Å². The van der Waals surface area contributed by atoms with Gasteiger partial charge in [-0.3, -0.25) is 38.4 Å². The van der Waals surface area contributed by atoms with Crippen LogP contribution < -0.4 is 0 Å². The summed E-state index contributed by atoms with van der Waals surface area (Å²) in [6.07, 6.45) is 3.98. The molecule has 0 unspecified atom stereocenters. The summed E-state index contributed by atoms with van der Waals surface area (Å²) in [5, 5.41) is 17.2. The zero-order valence-corrected chi connectivity index (χ0v) is 29.4. The van der Waals surface area contributed by atoms with Crippen molar-refractivity contribution in [3.8, 4) is 0 Å². The van der Waals surface area contributed by atoms with E-state index in [1.165, 1.54) is 0 Å². The van der Waals surface area contributed by atoms with Crippen LogP contribution in [0.1, 0.15) is 116 Å². The third kappa shape index (κ3) is 34.0. The largest absolute Gasteiger partial charge is 0.481 e. The first-order valence-electron chi connectivity index (χ1n) is 17.5. The van der Waals surface area contributed by atoms with Crippen LogP contribution in [0.3, 0.4) is 0 Å². The number of carbonyl (C=O) groups excluding carboxylic acids is 7. The molecule has 0 saturated carbocycles. The third-order valence-corrected chi connectivity index (χ3v) is 6.63. The van der Waals surface area contributed by atoms with Gasteiger partial charge >= 0.3 is 47.8 Å². The minimum atomic E-state index is -0.908. The molecule has 0 atom stereocenters. The van der Waals surface area contributed by atoms with Crippen LogP contribution >= 0.6 is 0 Å².